The normalized spacial score (nSPS) is 23.6. The topological polar surface area (TPSA) is 67.2 Å². The van der Waals surface area contributed by atoms with Crippen molar-refractivity contribution in [1.82, 2.24) is 5.32 Å². The van der Waals surface area contributed by atoms with Crippen molar-refractivity contribution in [2.75, 3.05) is 17.6 Å². The van der Waals surface area contributed by atoms with E-state index >= 15 is 0 Å². The Morgan fingerprint density at radius 3 is 2.94 bits per heavy atom. The highest BCUT2D eigenvalue weighted by molar-refractivity contribution is 5.98. The smallest absolute Gasteiger partial charge is 0.241 e. The highest BCUT2D eigenvalue weighted by atomic mass is 16.2. The van der Waals surface area contributed by atoms with Crippen molar-refractivity contribution < 1.29 is 4.79 Å². The first-order chi connectivity index (χ1) is 8.09. The molecule has 0 aromatic heterocycles. The molecule has 0 aliphatic carbocycles. The van der Waals surface area contributed by atoms with Crippen LogP contribution in [0, 0.1) is 12.8 Å². The lowest BCUT2D eigenvalue weighted by molar-refractivity contribution is -0.118. The van der Waals surface area contributed by atoms with Crippen molar-refractivity contribution in [1.29, 1.82) is 0 Å². The third kappa shape index (κ3) is 2.42. The maximum Gasteiger partial charge on any atom is 0.241 e. The van der Waals surface area contributed by atoms with Crippen molar-refractivity contribution in [2.45, 2.75) is 26.3 Å². The minimum absolute atomic E-state index is 0.00676. The summed E-state index contributed by atoms with van der Waals surface area (Å²) in [5.41, 5.74) is 8.26. The molecule has 2 rings (SSSR count). The molecule has 0 saturated carbocycles. The molecule has 0 spiro atoms. The Morgan fingerprint density at radius 2 is 2.29 bits per heavy atom. The van der Waals surface area contributed by atoms with Gasteiger partial charge in [-0.3, -0.25) is 4.79 Å². The number of nitrogen functional groups attached to an aromatic ring is 1. The van der Waals surface area contributed by atoms with Gasteiger partial charge in [0.1, 0.15) is 0 Å². The maximum absolute atomic E-state index is 12.1. The SMILES string of the molecule is Cc1cccc(NC(=O)[C@H]2NCC[C@@H]2C)c1N. The summed E-state index contributed by atoms with van der Waals surface area (Å²) in [4.78, 5) is 12.1. The van der Waals surface area contributed by atoms with Crippen molar-refractivity contribution in [3.63, 3.8) is 0 Å². The van der Waals surface area contributed by atoms with E-state index < -0.39 is 0 Å². The fourth-order valence-corrected chi connectivity index (χ4v) is 2.19. The zero-order valence-electron chi connectivity index (χ0n) is 10.3. The summed E-state index contributed by atoms with van der Waals surface area (Å²) in [6.45, 7) is 4.92. The van der Waals surface area contributed by atoms with E-state index in [-0.39, 0.29) is 11.9 Å². The van der Waals surface area contributed by atoms with E-state index in [2.05, 4.69) is 17.6 Å². The van der Waals surface area contributed by atoms with Crippen molar-refractivity contribution in [3.8, 4) is 0 Å². The number of hydrogen-bond acceptors (Lipinski definition) is 3. The van der Waals surface area contributed by atoms with Crippen LogP contribution in [0.2, 0.25) is 0 Å². The molecule has 1 heterocycles. The summed E-state index contributed by atoms with van der Waals surface area (Å²) < 4.78 is 0. The minimum atomic E-state index is -0.102. The minimum Gasteiger partial charge on any atom is -0.397 e. The molecule has 92 valence electrons. The number of hydrogen-bond donors (Lipinski definition) is 3. The van der Waals surface area contributed by atoms with Gasteiger partial charge in [-0.2, -0.15) is 0 Å². The van der Waals surface area contributed by atoms with Gasteiger partial charge in [-0.05, 0) is 37.4 Å². The van der Waals surface area contributed by atoms with Crippen molar-refractivity contribution in [3.05, 3.63) is 23.8 Å². The van der Waals surface area contributed by atoms with E-state index in [1.54, 1.807) is 0 Å². The van der Waals surface area contributed by atoms with Gasteiger partial charge in [0.25, 0.3) is 0 Å². The van der Waals surface area contributed by atoms with Gasteiger partial charge in [0.15, 0.2) is 0 Å². The second-order valence-corrected chi connectivity index (χ2v) is 4.72. The molecular formula is C13H19N3O. The second-order valence-electron chi connectivity index (χ2n) is 4.72. The molecule has 0 unspecified atom stereocenters. The van der Waals surface area contributed by atoms with Crippen LogP contribution in [-0.4, -0.2) is 18.5 Å². The Bertz CT molecular complexity index is 431. The quantitative estimate of drug-likeness (QED) is 0.678. The van der Waals surface area contributed by atoms with Gasteiger partial charge >= 0.3 is 0 Å². The van der Waals surface area contributed by atoms with Crippen LogP contribution in [0.1, 0.15) is 18.9 Å². The van der Waals surface area contributed by atoms with E-state index in [1.165, 1.54) is 0 Å². The Labute approximate surface area is 102 Å². The molecular weight excluding hydrogens is 214 g/mol. The van der Waals surface area contributed by atoms with Gasteiger partial charge in [-0.15, -0.1) is 0 Å². The number of aryl methyl sites for hydroxylation is 1. The average Bonchev–Trinajstić information content (AvgIpc) is 2.71. The van der Waals surface area contributed by atoms with Crippen LogP contribution in [0.25, 0.3) is 0 Å². The van der Waals surface area contributed by atoms with E-state index in [0.717, 1.165) is 18.5 Å². The number of carbonyl (C=O) groups is 1. The molecule has 4 nitrogen and oxygen atoms in total. The molecule has 1 aromatic carbocycles. The molecule has 0 radical (unpaired) electrons. The summed E-state index contributed by atoms with van der Waals surface area (Å²) in [6, 6.07) is 5.56. The number of anilines is 2. The molecule has 1 fully saturated rings. The highest BCUT2D eigenvalue weighted by Gasteiger charge is 2.29. The Kier molecular flexibility index (Phi) is 3.33. The molecule has 0 bridgehead atoms. The van der Waals surface area contributed by atoms with E-state index in [9.17, 15) is 4.79 Å². The molecule has 1 amide bonds. The van der Waals surface area contributed by atoms with Crippen LogP contribution in [-0.2, 0) is 4.79 Å². The molecule has 2 atom stereocenters. The van der Waals surface area contributed by atoms with Crippen LogP contribution >= 0.6 is 0 Å². The van der Waals surface area contributed by atoms with Gasteiger partial charge in [-0.25, -0.2) is 0 Å². The molecule has 1 aliphatic heterocycles. The number of rotatable bonds is 2. The fraction of sp³-hybridized carbons (Fsp3) is 0.462. The number of nitrogens with one attached hydrogen (secondary N) is 2. The predicted molar refractivity (Wildman–Crippen MR) is 69.8 cm³/mol. The average molecular weight is 233 g/mol. The van der Waals surface area contributed by atoms with Crippen LogP contribution < -0.4 is 16.4 Å². The third-order valence-corrected chi connectivity index (χ3v) is 3.40. The second kappa shape index (κ2) is 4.75. The van der Waals surface area contributed by atoms with Gasteiger partial charge in [0, 0.05) is 0 Å². The summed E-state index contributed by atoms with van der Waals surface area (Å²) in [5.74, 6) is 0.383. The first-order valence-corrected chi connectivity index (χ1v) is 5.99. The molecule has 1 aliphatic rings. The molecule has 1 aromatic rings. The van der Waals surface area contributed by atoms with Crippen molar-refractivity contribution >= 4 is 17.3 Å². The largest absolute Gasteiger partial charge is 0.397 e. The van der Waals surface area contributed by atoms with E-state index in [4.69, 9.17) is 5.73 Å². The lowest BCUT2D eigenvalue weighted by Crippen LogP contribution is -2.39. The Hall–Kier alpha value is -1.55. The standard InChI is InChI=1S/C13H19N3O/c1-8-4-3-5-10(11(8)14)16-13(17)12-9(2)6-7-15-12/h3-5,9,12,15H,6-7,14H2,1-2H3,(H,16,17)/t9-,12-/m0/s1. The number of benzene rings is 1. The lowest BCUT2D eigenvalue weighted by atomic mass is 10.0. The Balaban J connectivity index is 2.10. The third-order valence-electron chi connectivity index (χ3n) is 3.40. The van der Waals surface area contributed by atoms with Gasteiger partial charge in [0.05, 0.1) is 17.4 Å². The zero-order valence-corrected chi connectivity index (χ0v) is 10.3. The number of para-hydroxylation sites is 1. The lowest BCUT2D eigenvalue weighted by Gasteiger charge is -2.17. The maximum atomic E-state index is 12.1. The number of carbonyl (C=O) groups excluding carboxylic acids is 1. The predicted octanol–water partition coefficient (Wildman–Crippen LogP) is 1.51. The number of amides is 1. The summed E-state index contributed by atoms with van der Waals surface area (Å²) in [6.07, 6.45) is 1.04. The Morgan fingerprint density at radius 1 is 1.53 bits per heavy atom. The number of nitrogens with two attached hydrogens (primary N) is 1. The van der Waals surface area contributed by atoms with E-state index in [0.29, 0.717) is 17.3 Å². The zero-order chi connectivity index (χ0) is 12.4. The molecule has 4 heteroatoms. The van der Waals surface area contributed by atoms with Crippen LogP contribution in [0.15, 0.2) is 18.2 Å². The molecule has 1 saturated heterocycles. The fourth-order valence-electron chi connectivity index (χ4n) is 2.19. The van der Waals surface area contributed by atoms with E-state index in [1.807, 2.05) is 25.1 Å². The highest BCUT2D eigenvalue weighted by Crippen LogP contribution is 2.23. The monoisotopic (exact) mass is 233 g/mol. The van der Waals surface area contributed by atoms with Gasteiger partial charge < -0.3 is 16.4 Å². The van der Waals surface area contributed by atoms with Gasteiger partial charge in [0.2, 0.25) is 5.91 Å². The van der Waals surface area contributed by atoms with Crippen LogP contribution in [0.5, 0.6) is 0 Å². The van der Waals surface area contributed by atoms with Crippen molar-refractivity contribution in [2.24, 2.45) is 5.92 Å². The molecule has 4 N–H and O–H groups in total. The first kappa shape index (κ1) is 11.9. The van der Waals surface area contributed by atoms with Crippen LogP contribution in [0.3, 0.4) is 0 Å². The molecule has 17 heavy (non-hydrogen) atoms. The summed E-state index contributed by atoms with van der Waals surface area (Å²) in [7, 11) is 0. The summed E-state index contributed by atoms with van der Waals surface area (Å²) >= 11 is 0. The van der Waals surface area contributed by atoms with Gasteiger partial charge in [-0.1, -0.05) is 19.1 Å². The first-order valence-electron chi connectivity index (χ1n) is 5.99. The summed E-state index contributed by atoms with van der Waals surface area (Å²) in [5, 5.41) is 6.10. The van der Waals surface area contributed by atoms with Crippen LogP contribution in [0.4, 0.5) is 11.4 Å².